The normalized spacial score (nSPS) is 22.1. The van der Waals surface area contributed by atoms with E-state index in [0.717, 1.165) is 56.7 Å². The summed E-state index contributed by atoms with van der Waals surface area (Å²) in [5.41, 5.74) is 1.57. The molecular formula is C18H26N4O2. The molecule has 2 heterocycles. The largest absolute Gasteiger partial charge is 0.338 e. The van der Waals surface area contributed by atoms with Crippen LogP contribution in [0.4, 0.5) is 16.2 Å². The van der Waals surface area contributed by atoms with Gasteiger partial charge < -0.3 is 10.6 Å². The van der Waals surface area contributed by atoms with Crippen LogP contribution < -0.4 is 15.5 Å². The standard InChI is InChI=1S/C18H26N4O2/c1-2-21-11-4-3-9-16(21)17(23)20-14-7-5-8-15(13-14)22-12-6-10-19-18(22)24/h5,7-8,13,16H,2-4,6,9-12H2,1H3,(H,19,24)(H,20,23)/t16-/m1/s1. The lowest BCUT2D eigenvalue weighted by molar-refractivity contribution is -0.122. The predicted molar refractivity (Wildman–Crippen MR) is 95.3 cm³/mol. The average molecular weight is 330 g/mol. The summed E-state index contributed by atoms with van der Waals surface area (Å²) >= 11 is 0. The molecule has 0 unspecified atom stereocenters. The van der Waals surface area contributed by atoms with Gasteiger partial charge in [0, 0.05) is 24.5 Å². The number of nitrogens with zero attached hydrogens (tertiary/aromatic N) is 2. The first-order chi connectivity index (χ1) is 11.7. The summed E-state index contributed by atoms with van der Waals surface area (Å²) in [6.45, 7) is 5.41. The third-order valence-corrected chi connectivity index (χ3v) is 4.83. The molecule has 130 valence electrons. The van der Waals surface area contributed by atoms with Crippen LogP contribution in [0.2, 0.25) is 0 Å². The van der Waals surface area contributed by atoms with Gasteiger partial charge in [-0.05, 0) is 50.6 Å². The highest BCUT2D eigenvalue weighted by Crippen LogP contribution is 2.23. The van der Waals surface area contributed by atoms with Gasteiger partial charge in [-0.1, -0.05) is 19.4 Å². The third kappa shape index (κ3) is 3.70. The maximum Gasteiger partial charge on any atom is 0.321 e. The number of rotatable bonds is 4. The van der Waals surface area contributed by atoms with Crippen molar-refractivity contribution in [2.24, 2.45) is 0 Å². The smallest absolute Gasteiger partial charge is 0.321 e. The molecule has 6 nitrogen and oxygen atoms in total. The third-order valence-electron chi connectivity index (χ3n) is 4.83. The SMILES string of the molecule is CCN1CCCC[C@@H]1C(=O)Nc1cccc(N2CCCNC2=O)c1. The molecule has 0 aromatic heterocycles. The summed E-state index contributed by atoms with van der Waals surface area (Å²) < 4.78 is 0. The lowest BCUT2D eigenvalue weighted by Crippen LogP contribution is -2.47. The monoisotopic (exact) mass is 330 g/mol. The van der Waals surface area contributed by atoms with E-state index >= 15 is 0 Å². The number of likely N-dealkylation sites (tertiary alicyclic amines) is 1. The summed E-state index contributed by atoms with van der Waals surface area (Å²) in [5.74, 6) is 0.0526. The van der Waals surface area contributed by atoms with Gasteiger partial charge in [-0.25, -0.2) is 4.79 Å². The number of piperidine rings is 1. The van der Waals surface area contributed by atoms with Crippen LogP contribution >= 0.6 is 0 Å². The fourth-order valence-corrected chi connectivity index (χ4v) is 3.52. The Hall–Kier alpha value is -2.08. The van der Waals surface area contributed by atoms with E-state index in [0.29, 0.717) is 6.54 Å². The van der Waals surface area contributed by atoms with Crippen LogP contribution in [0.3, 0.4) is 0 Å². The van der Waals surface area contributed by atoms with Crippen LogP contribution in [-0.4, -0.2) is 49.1 Å². The second kappa shape index (κ2) is 7.66. The molecule has 0 bridgehead atoms. The highest BCUT2D eigenvalue weighted by Gasteiger charge is 2.27. The molecule has 0 radical (unpaired) electrons. The lowest BCUT2D eigenvalue weighted by atomic mass is 10.0. The van der Waals surface area contributed by atoms with E-state index < -0.39 is 0 Å². The molecule has 3 amide bonds. The minimum Gasteiger partial charge on any atom is -0.338 e. The van der Waals surface area contributed by atoms with Crippen molar-refractivity contribution in [1.29, 1.82) is 0 Å². The minimum atomic E-state index is -0.0748. The molecule has 0 saturated carbocycles. The Labute approximate surface area is 143 Å². The molecule has 2 aliphatic rings. The van der Waals surface area contributed by atoms with Crippen molar-refractivity contribution in [2.75, 3.05) is 36.4 Å². The van der Waals surface area contributed by atoms with Gasteiger partial charge in [0.25, 0.3) is 0 Å². The summed E-state index contributed by atoms with van der Waals surface area (Å²) in [7, 11) is 0. The Balaban J connectivity index is 1.70. The lowest BCUT2D eigenvalue weighted by Gasteiger charge is -2.33. The molecule has 1 aromatic carbocycles. The van der Waals surface area contributed by atoms with E-state index in [2.05, 4.69) is 22.5 Å². The molecule has 1 atom stereocenters. The second-order valence-electron chi connectivity index (χ2n) is 6.42. The number of urea groups is 1. The van der Waals surface area contributed by atoms with Crippen LogP contribution in [0.25, 0.3) is 0 Å². The molecule has 2 N–H and O–H groups in total. The fourth-order valence-electron chi connectivity index (χ4n) is 3.52. The van der Waals surface area contributed by atoms with Crippen molar-refractivity contribution < 1.29 is 9.59 Å². The number of anilines is 2. The topological polar surface area (TPSA) is 64.7 Å². The molecule has 0 spiro atoms. The first-order valence-corrected chi connectivity index (χ1v) is 8.89. The van der Waals surface area contributed by atoms with Gasteiger partial charge in [0.05, 0.1) is 6.04 Å². The van der Waals surface area contributed by atoms with E-state index in [4.69, 9.17) is 0 Å². The zero-order chi connectivity index (χ0) is 16.9. The quantitative estimate of drug-likeness (QED) is 0.891. The van der Waals surface area contributed by atoms with Gasteiger partial charge in [0.1, 0.15) is 0 Å². The maximum absolute atomic E-state index is 12.6. The van der Waals surface area contributed by atoms with Crippen LogP contribution in [0, 0.1) is 0 Å². The Bertz CT molecular complexity index is 604. The predicted octanol–water partition coefficient (Wildman–Crippen LogP) is 2.42. The number of carbonyl (C=O) groups is 2. The number of benzene rings is 1. The van der Waals surface area contributed by atoms with Gasteiger partial charge in [-0.3, -0.25) is 14.6 Å². The van der Waals surface area contributed by atoms with Crippen molar-refractivity contribution in [3.8, 4) is 0 Å². The zero-order valence-corrected chi connectivity index (χ0v) is 14.3. The van der Waals surface area contributed by atoms with Gasteiger partial charge in [0.2, 0.25) is 5.91 Å². The molecule has 24 heavy (non-hydrogen) atoms. The number of hydrogen-bond acceptors (Lipinski definition) is 3. The van der Waals surface area contributed by atoms with Crippen molar-refractivity contribution >= 4 is 23.3 Å². The van der Waals surface area contributed by atoms with E-state index in [1.807, 2.05) is 24.3 Å². The molecule has 0 aliphatic carbocycles. The fraction of sp³-hybridized carbons (Fsp3) is 0.556. The van der Waals surface area contributed by atoms with E-state index in [9.17, 15) is 9.59 Å². The van der Waals surface area contributed by atoms with Crippen LogP contribution in [0.1, 0.15) is 32.6 Å². The molecule has 2 saturated heterocycles. The number of carbonyl (C=O) groups excluding carboxylic acids is 2. The summed E-state index contributed by atoms with van der Waals surface area (Å²) in [4.78, 5) is 28.6. The van der Waals surface area contributed by atoms with Crippen molar-refractivity contribution in [1.82, 2.24) is 10.2 Å². The molecular weight excluding hydrogens is 304 g/mol. The Kier molecular flexibility index (Phi) is 5.35. The van der Waals surface area contributed by atoms with E-state index in [-0.39, 0.29) is 18.0 Å². The van der Waals surface area contributed by atoms with Gasteiger partial charge >= 0.3 is 6.03 Å². The summed E-state index contributed by atoms with van der Waals surface area (Å²) in [6.07, 6.45) is 4.10. The first-order valence-electron chi connectivity index (χ1n) is 8.89. The number of likely N-dealkylation sites (N-methyl/N-ethyl adjacent to an activating group) is 1. The highest BCUT2D eigenvalue weighted by molar-refractivity contribution is 5.97. The van der Waals surface area contributed by atoms with Gasteiger partial charge in [-0.2, -0.15) is 0 Å². The number of nitrogens with one attached hydrogen (secondary N) is 2. The second-order valence-corrected chi connectivity index (χ2v) is 6.42. The van der Waals surface area contributed by atoms with Crippen molar-refractivity contribution in [3.63, 3.8) is 0 Å². The summed E-state index contributed by atoms with van der Waals surface area (Å²) in [6, 6.07) is 7.41. The van der Waals surface area contributed by atoms with Crippen molar-refractivity contribution in [2.45, 2.75) is 38.6 Å². The van der Waals surface area contributed by atoms with Crippen LogP contribution in [0.5, 0.6) is 0 Å². The van der Waals surface area contributed by atoms with Crippen molar-refractivity contribution in [3.05, 3.63) is 24.3 Å². The first kappa shape index (κ1) is 16.8. The van der Waals surface area contributed by atoms with E-state index in [1.165, 1.54) is 0 Å². The Morgan fingerprint density at radius 3 is 2.96 bits per heavy atom. The van der Waals surface area contributed by atoms with Crippen LogP contribution in [0.15, 0.2) is 24.3 Å². The van der Waals surface area contributed by atoms with E-state index in [1.54, 1.807) is 4.90 Å². The Morgan fingerprint density at radius 1 is 1.29 bits per heavy atom. The average Bonchev–Trinajstić information content (AvgIpc) is 2.62. The zero-order valence-electron chi connectivity index (χ0n) is 14.3. The molecule has 2 fully saturated rings. The molecule has 3 rings (SSSR count). The number of hydrogen-bond donors (Lipinski definition) is 2. The Morgan fingerprint density at radius 2 is 2.17 bits per heavy atom. The van der Waals surface area contributed by atoms with Gasteiger partial charge in [0.15, 0.2) is 0 Å². The molecule has 1 aromatic rings. The van der Waals surface area contributed by atoms with Gasteiger partial charge in [-0.15, -0.1) is 0 Å². The maximum atomic E-state index is 12.6. The molecule has 2 aliphatic heterocycles. The minimum absolute atomic E-state index is 0.0503. The van der Waals surface area contributed by atoms with Crippen LogP contribution in [-0.2, 0) is 4.79 Å². The molecule has 6 heteroatoms. The summed E-state index contributed by atoms with van der Waals surface area (Å²) in [5, 5.41) is 5.88. The number of amides is 3. The highest BCUT2D eigenvalue weighted by atomic mass is 16.2.